The van der Waals surface area contributed by atoms with E-state index in [0.717, 1.165) is 35.4 Å². The Balaban J connectivity index is 1.35. The highest BCUT2D eigenvalue weighted by atomic mass is 32.2. The number of carbonyl (C=O) groups is 3. The van der Waals surface area contributed by atoms with Crippen LogP contribution in [0.1, 0.15) is 50.5 Å². The van der Waals surface area contributed by atoms with Gasteiger partial charge in [0, 0.05) is 30.7 Å². The molecule has 3 fully saturated rings. The van der Waals surface area contributed by atoms with Crippen molar-refractivity contribution in [1.29, 1.82) is 0 Å². The van der Waals surface area contributed by atoms with Gasteiger partial charge in [-0.3, -0.25) is 14.9 Å². The summed E-state index contributed by atoms with van der Waals surface area (Å²) in [6, 6.07) is 5.59. The Morgan fingerprint density at radius 1 is 1.19 bits per heavy atom. The van der Waals surface area contributed by atoms with Crippen molar-refractivity contribution in [1.82, 2.24) is 19.9 Å². The topological polar surface area (TPSA) is 164 Å². The minimum absolute atomic E-state index is 0.0108. The van der Waals surface area contributed by atoms with Gasteiger partial charge >= 0.3 is 6.09 Å². The molecule has 12 nitrogen and oxygen atoms in total. The van der Waals surface area contributed by atoms with E-state index in [-0.39, 0.29) is 24.3 Å². The third-order valence-corrected chi connectivity index (χ3v) is 11.9. The van der Waals surface area contributed by atoms with Gasteiger partial charge < -0.3 is 15.0 Å². The molecule has 1 aromatic heterocycles. The largest absolute Gasteiger partial charge is 0.446 e. The molecular weight excluding hydrogens is 655 g/mol. The SMILES string of the molecule is C=CCCCCN(C)C(=O)C1CC(OC(=O)Nc2cc(C)ccc2-c2nccs2)CC1C(=O)NC1(NS(=O)(=O)C2CC2)C(=C=O)C1C=C. The number of hydrogen-bond acceptors (Lipinski definition) is 9. The summed E-state index contributed by atoms with van der Waals surface area (Å²) < 4.78 is 34.2. The second kappa shape index (κ2) is 14.6. The van der Waals surface area contributed by atoms with Gasteiger partial charge in [-0.05, 0) is 69.6 Å². The number of aryl methyl sites for hydroxylation is 1. The summed E-state index contributed by atoms with van der Waals surface area (Å²) in [6.45, 7) is 9.79. The number of benzene rings is 1. The maximum Gasteiger partial charge on any atom is 0.411 e. The van der Waals surface area contributed by atoms with E-state index in [4.69, 9.17) is 4.74 Å². The summed E-state index contributed by atoms with van der Waals surface area (Å²) >= 11 is 1.43. The number of carbonyl (C=O) groups excluding carboxylic acids is 4. The number of anilines is 1. The van der Waals surface area contributed by atoms with Gasteiger partial charge in [-0.25, -0.2) is 23.0 Å². The molecular formula is C34H41N5O7S2. The highest BCUT2D eigenvalue weighted by Gasteiger charge is 2.65. The summed E-state index contributed by atoms with van der Waals surface area (Å²) in [7, 11) is -2.19. The van der Waals surface area contributed by atoms with Crippen molar-refractivity contribution >= 4 is 50.9 Å². The Hall–Kier alpha value is -4.10. The van der Waals surface area contributed by atoms with Crippen molar-refractivity contribution < 1.29 is 32.3 Å². The molecule has 48 heavy (non-hydrogen) atoms. The zero-order chi connectivity index (χ0) is 34.6. The first-order valence-electron chi connectivity index (χ1n) is 16.0. The average molecular weight is 696 g/mol. The molecule has 3 N–H and O–H groups in total. The monoisotopic (exact) mass is 695 g/mol. The Morgan fingerprint density at radius 3 is 2.56 bits per heavy atom. The molecule has 3 amide bonds. The van der Waals surface area contributed by atoms with E-state index in [2.05, 4.69) is 33.5 Å². The number of ether oxygens (including phenoxy) is 1. The van der Waals surface area contributed by atoms with E-state index in [1.54, 1.807) is 24.1 Å². The maximum absolute atomic E-state index is 14.0. The fourth-order valence-electron chi connectivity index (χ4n) is 6.33. The number of thiazole rings is 1. The smallest absolute Gasteiger partial charge is 0.411 e. The highest BCUT2D eigenvalue weighted by molar-refractivity contribution is 7.90. The van der Waals surface area contributed by atoms with E-state index in [1.165, 1.54) is 17.4 Å². The quantitative estimate of drug-likeness (QED) is 0.107. The van der Waals surface area contributed by atoms with Gasteiger partial charge in [-0.1, -0.05) is 18.2 Å². The molecule has 14 heteroatoms. The van der Waals surface area contributed by atoms with Crippen molar-refractivity contribution in [2.24, 2.45) is 17.8 Å². The molecule has 3 saturated carbocycles. The van der Waals surface area contributed by atoms with E-state index in [1.807, 2.05) is 36.6 Å². The lowest BCUT2D eigenvalue weighted by atomic mass is 9.93. The van der Waals surface area contributed by atoms with Crippen LogP contribution in [-0.2, 0) is 29.1 Å². The standard InChI is InChI=1S/C34H41N5O7S2/c1-5-7-8-9-15-39(4)32(42)26-19-22(46-33(43)36-29-17-21(3)10-13-24(29)31-35-14-16-47-31)18-25(26)30(41)37-34(27(6-2)28(34)20-40)38-48(44,45)23-11-12-23/h5-6,10,13-14,16-17,22-23,25-27,38H,1-2,7-9,11-12,15,18-19H2,3-4H3,(H,36,43)(H,37,41). The van der Waals surface area contributed by atoms with E-state index in [9.17, 15) is 27.6 Å². The van der Waals surface area contributed by atoms with Crippen molar-refractivity contribution in [3.8, 4) is 10.6 Å². The number of nitrogens with one attached hydrogen (secondary N) is 3. The molecule has 0 saturated heterocycles. The fraction of sp³-hybridized carbons (Fsp3) is 0.471. The summed E-state index contributed by atoms with van der Waals surface area (Å²) in [5, 5.41) is 7.48. The van der Waals surface area contributed by atoms with E-state index in [0.29, 0.717) is 25.1 Å². The van der Waals surface area contributed by atoms with Gasteiger partial charge in [0.15, 0.2) is 0 Å². The third kappa shape index (κ3) is 7.62. The number of aromatic nitrogens is 1. The number of sulfonamides is 1. The molecule has 0 aliphatic heterocycles. The van der Waals surface area contributed by atoms with E-state index >= 15 is 0 Å². The van der Waals surface area contributed by atoms with E-state index < -0.39 is 56.8 Å². The van der Waals surface area contributed by atoms with Gasteiger partial charge in [0.1, 0.15) is 22.7 Å². The van der Waals surface area contributed by atoms with Gasteiger partial charge in [0.25, 0.3) is 0 Å². The summed E-state index contributed by atoms with van der Waals surface area (Å²) in [5.41, 5.74) is 0.451. The Labute approximate surface area is 284 Å². The summed E-state index contributed by atoms with van der Waals surface area (Å²) in [4.78, 5) is 58.8. The lowest BCUT2D eigenvalue weighted by molar-refractivity contribution is -0.140. The normalized spacial score (nSPS) is 24.7. The molecule has 3 aliphatic rings. The third-order valence-electron chi connectivity index (χ3n) is 9.10. The Morgan fingerprint density at radius 2 is 1.94 bits per heavy atom. The number of nitrogens with zero attached hydrogens (tertiary/aromatic N) is 2. The number of allylic oxidation sites excluding steroid dienone is 1. The van der Waals surface area contributed by atoms with Crippen LogP contribution in [0.5, 0.6) is 0 Å². The van der Waals surface area contributed by atoms with Crippen LogP contribution in [0.3, 0.4) is 0 Å². The highest BCUT2D eigenvalue weighted by Crippen LogP contribution is 2.49. The number of unbranched alkanes of at least 4 members (excludes halogenated alkanes) is 2. The van der Waals surface area contributed by atoms with Crippen LogP contribution in [-0.4, -0.2) is 72.8 Å². The zero-order valence-electron chi connectivity index (χ0n) is 27.1. The number of hydrogen-bond donors (Lipinski definition) is 3. The van der Waals surface area contributed by atoms with Crippen molar-refractivity contribution in [3.63, 3.8) is 0 Å². The first-order valence-corrected chi connectivity index (χ1v) is 18.4. The molecule has 5 rings (SSSR count). The molecule has 1 heterocycles. The molecule has 0 radical (unpaired) electrons. The zero-order valence-corrected chi connectivity index (χ0v) is 28.7. The molecule has 5 unspecified atom stereocenters. The Bertz CT molecular complexity index is 1730. The second-order valence-corrected chi connectivity index (χ2v) is 15.5. The van der Waals surface area contributed by atoms with Crippen LogP contribution in [0.15, 0.2) is 60.7 Å². The molecule has 5 atom stereocenters. The van der Waals surface area contributed by atoms with Gasteiger partial charge in [-0.2, -0.15) is 4.72 Å². The predicted octanol–water partition coefficient (Wildman–Crippen LogP) is 4.34. The molecule has 0 spiro atoms. The summed E-state index contributed by atoms with van der Waals surface area (Å²) in [6.07, 6.45) is 6.75. The van der Waals surface area contributed by atoms with Gasteiger partial charge in [0.2, 0.25) is 21.8 Å². The van der Waals surface area contributed by atoms with Gasteiger partial charge in [0.05, 0.1) is 34.3 Å². The minimum Gasteiger partial charge on any atom is -0.446 e. The van der Waals surface area contributed by atoms with Crippen LogP contribution < -0.4 is 15.4 Å². The number of rotatable bonds is 15. The molecule has 2 aromatic rings. The van der Waals surface area contributed by atoms with Crippen LogP contribution in [0.4, 0.5) is 10.5 Å². The molecule has 0 bridgehead atoms. The Kier molecular flexibility index (Phi) is 10.7. The molecule has 1 aromatic carbocycles. The van der Waals surface area contributed by atoms with Crippen LogP contribution in [0.25, 0.3) is 10.6 Å². The van der Waals surface area contributed by atoms with Crippen molar-refractivity contribution in [2.75, 3.05) is 18.9 Å². The van der Waals surface area contributed by atoms with Crippen LogP contribution in [0.2, 0.25) is 0 Å². The molecule has 256 valence electrons. The van der Waals surface area contributed by atoms with Crippen molar-refractivity contribution in [2.45, 2.75) is 68.9 Å². The van der Waals surface area contributed by atoms with Gasteiger partial charge in [-0.15, -0.1) is 24.5 Å². The maximum atomic E-state index is 14.0. The lowest BCUT2D eigenvalue weighted by Crippen LogP contribution is -2.55. The number of amides is 3. The second-order valence-electron chi connectivity index (χ2n) is 12.6. The predicted molar refractivity (Wildman–Crippen MR) is 183 cm³/mol. The molecule has 3 aliphatic carbocycles. The van der Waals surface area contributed by atoms with Crippen molar-refractivity contribution in [3.05, 3.63) is 66.2 Å². The first kappa shape index (κ1) is 35.2. The first-order chi connectivity index (χ1) is 22.9. The minimum atomic E-state index is -3.85. The fourth-order valence-corrected chi connectivity index (χ4v) is 8.67. The summed E-state index contributed by atoms with van der Waals surface area (Å²) in [5.74, 6) is -1.80. The lowest BCUT2D eigenvalue weighted by Gasteiger charge is -2.26. The average Bonchev–Trinajstić information content (AvgIpc) is 3.86. The van der Waals surface area contributed by atoms with Crippen LogP contribution in [0, 0.1) is 24.7 Å². The van der Waals surface area contributed by atoms with Crippen LogP contribution >= 0.6 is 11.3 Å².